The lowest BCUT2D eigenvalue weighted by atomic mass is 9.97. The number of aromatic hydroxyl groups is 1. The van der Waals surface area contributed by atoms with E-state index in [2.05, 4.69) is 4.98 Å². The third-order valence-corrected chi connectivity index (χ3v) is 2.87. The summed E-state index contributed by atoms with van der Waals surface area (Å²) in [5.41, 5.74) is 1.97. The molecule has 18 heavy (non-hydrogen) atoms. The van der Waals surface area contributed by atoms with Crippen LogP contribution in [-0.2, 0) is 0 Å². The highest BCUT2D eigenvalue weighted by Crippen LogP contribution is 2.27. The van der Waals surface area contributed by atoms with Crippen LogP contribution >= 0.6 is 0 Å². The van der Waals surface area contributed by atoms with Gasteiger partial charge in [-0.2, -0.15) is 0 Å². The maximum atomic E-state index is 12.2. The Kier molecular flexibility index (Phi) is 3.32. The number of nitrogens with zero attached hydrogens (tertiary/aromatic N) is 1. The predicted octanol–water partition coefficient (Wildman–Crippen LogP) is 3.48. The summed E-state index contributed by atoms with van der Waals surface area (Å²) < 4.78 is 0. The SMILES string of the molecule is Cc1ccc2c(C(=O)CC(C)C)ccc(O)c2n1. The average molecular weight is 243 g/mol. The van der Waals surface area contributed by atoms with Crippen molar-refractivity contribution < 1.29 is 9.90 Å². The van der Waals surface area contributed by atoms with E-state index in [1.807, 2.05) is 32.9 Å². The molecule has 0 unspecified atom stereocenters. The minimum absolute atomic E-state index is 0.0978. The van der Waals surface area contributed by atoms with Crippen molar-refractivity contribution in [3.63, 3.8) is 0 Å². The molecule has 3 heteroatoms. The highest BCUT2D eigenvalue weighted by Gasteiger charge is 2.14. The van der Waals surface area contributed by atoms with Gasteiger partial charge in [0.2, 0.25) is 0 Å². The average Bonchev–Trinajstić information content (AvgIpc) is 2.29. The minimum Gasteiger partial charge on any atom is -0.506 e. The molecule has 0 saturated heterocycles. The van der Waals surface area contributed by atoms with Crippen LogP contribution in [0.4, 0.5) is 0 Å². The zero-order chi connectivity index (χ0) is 13.3. The number of hydrogen-bond donors (Lipinski definition) is 1. The molecule has 2 rings (SSSR count). The number of rotatable bonds is 3. The number of Topliss-reactive ketones (excluding diaryl/α,β-unsaturated/α-hetero) is 1. The summed E-state index contributed by atoms with van der Waals surface area (Å²) in [6.45, 7) is 5.90. The lowest BCUT2D eigenvalue weighted by Crippen LogP contribution is -2.04. The number of phenolic OH excluding ortho intramolecular Hbond substituents is 1. The number of hydrogen-bond acceptors (Lipinski definition) is 3. The molecule has 0 aliphatic carbocycles. The van der Waals surface area contributed by atoms with E-state index in [4.69, 9.17) is 0 Å². The molecule has 94 valence electrons. The molecule has 1 aromatic heterocycles. The van der Waals surface area contributed by atoms with E-state index in [-0.39, 0.29) is 11.5 Å². The van der Waals surface area contributed by atoms with E-state index in [9.17, 15) is 9.90 Å². The van der Waals surface area contributed by atoms with Crippen molar-refractivity contribution in [2.24, 2.45) is 5.92 Å². The van der Waals surface area contributed by atoms with E-state index in [1.165, 1.54) is 0 Å². The molecule has 1 N–H and O–H groups in total. The highest BCUT2D eigenvalue weighted by atomic mass is 16.3. The third-order valence-electron chi connectivity index (χ3n) is 2.87. The van der Waals surface area contributed by atoms with Crippen molar-refractivity contribution >= 4 is 16.7 Å². The fraction of sp³-hybridized carbons (Fsp3) is 0.333. The first kappa shape index (κ1) is 12.6. The summed E-state index contributed by atoms with van der Waals surface area (Å²) in [5.74, 6) is 0.537. The van der Waals surface area contributed by atoms with Gasteiger partial charge in [-0.1, -0.05) is 19.9 Å². The monoisotopic (exact) mass is 243 g/mol. The van der Waals surface area contributed by atoms with Gasteiger partial charge in [-0.05, 0) is 31.0 Å². The third kappa shape index (κ3) is 2.35. The number of phenols is 1. The van der Waals surface area contributed by atoms with Gasteiger partial charge < -0.3 is 5.11 Å². The Bertz CT molecular complexity index is 603. The quantitative estimate of drug-likeness (QED) is 0.840. The Morgan fingerprint density at radius 2 is 2.00 bits per heavy atom. The number of fused-ring (bicyclic) bond motifs is 1. The van der Waals surface area contributed by atoms with Crippen molar-refractivity contribution in [2.45, 2.75) is 27.2 Å². The Labute approximate surface area is 106 Å². The van der Waals surface area contributed by atoms with Gasteiger partial charge in [0, 0.05) is 23.1 Å². The van der Waals surface area contributed by atoms with Crippen LogP contribution in [0.25, 0.3) is 10.9 Å². The molecule has 0 amide bonds. The number of carbonyl (C=O) groups excluding carboxylic acids is 1. The predicted molar refractivity (Wildman–Crippen MR) is 71.9 cm³/mol. The van der Waals surface area contributed by atoms with Crippen molar-refractivity contribution in [1.29, 1.82) is 0 Å². The van der Waals surface area contributed by atoms with E-state index in [0.29, 0.717) is 23.4 Å². The minimum atomic E-state index is 0.0978. The molecule has 1 aromatic carbocycles. The molecular weight excluding hydrogens is 226 g/mol. The smallest absolute Gasteiger partial charge is 0.163 e. The van der Waals surface area contributed by atoms with Crippen LogP contribution in [-0.4, -0.2) is 15.9 Å². The van der Waals surface area contributed by atoms with Crippen LogP contribution in [0.3, 0.4) is 0 Å². The highest BCUT2D eigenvalue weighted by molar-refractivity contribution is 6.08. The lowest BCUT2D eigenvalue weighted by molar-refractivity contribution is 0.0969. The molecule has 0 atom stereocenters. The first-order valence-electron chi connectivity index (χ1n) is 6.11. The van der Waals surface area contributed by atoms with Crippen LogP contribution in [0, 0.1) is 12.8 Å². The summed E-state index contributed by atoms with van der Waals surface area (Å²) in [6.07, 6.45) is 0.508. The molecule has 0 aliphatic heterocycles. The van der Waals surface area contributed by atoms with Gasteiger partial charge in [0.05, 0.1) is 0 Å². The molecule has 0 fully saturated rings. The summed E-state index contributed by atoms with van der Waals surface area (Å²) in [7, 11) is 0. The summed E-state index contributed by atoms with van der Waals surface area (Å²) in [5, 5.41) is 10.5. The van der Waals surface area contributed by atoms with Crippen molar-refractivity contribution in [1.82, 2.24) is 4.98 Å². The molecule has 3 nitrogen and oxygen atoms in total. The maximum absolute atomic E-state index is 12.2. The number of benzene rings is 1. The largest absolute Gasteiger partial charge is 0.506 e. The fourth-order valence-electron chi connectivity index (χ4n) is 2.02. The summed E-state index contributed by atoms with van der Waals surface area (Å²) >= 11 is 0. The number of carbonyl (C=O) groups is 1. The second-order valence-corrected chi connectivity index (χ2v) is 5.00. The fourth-order valence-corrected chi connectivity index (χ4v) is 2.02. The molecule has 0 radical (unpaired) electrons. The Balaban J connectivity index is 2.59. The summed E-state index contributed by atoms with van der Waals surface area (Å²) in [4.78, 5) is 16.5. The van der Waals surface area contributed by atoms with Crippen LogP contribution < -0.4 is 0 Å². The van der Waals surface area contributed by atoms with Crippen LogP contribution in [0.5, 0.6) is 5.75 Å². The molecule has 0 spiro atoms. The zero-order valence-electron chi connectivity index (χ0n) is 10.9. The number of aromatic nitrogens is 1. The van der Waals surface area contributed by atoms with Gasteiger partial charge >= 0.3 is 0 Å². The molecule has 0 aliphatic rings. The first-order valence-corrected chi connectivity index (χ1v) is 6.11. The van der Waals surface area contributed by atoms with Crippen molar-refractivity contribution in [3.8, 4) is 5.75 Å². The molecule has 0 saturated carbocycles. The lowest BCUT2D eigenvalue weighted by Gasteiger charge is -2.09. The van der Waals surface area contributed by atoms with Crippen molar-refractivity contribution in [3.05, 3.63) is 35.5 Å². The number of ketones is 1. The zero-order valence-corrected chi connectivity index (χ0v) is 10.9. The Morgan fingerprint density at radius 3 is 2.67 bits per heavy atom. The van der Waals surface area contributed by atoms with Gasteiger partial charge in [-0.15, -0.1) is 0 Å². The van der Waals surface area contributed by atoms with Crippen LogP contribution in [0.15, 0.2) is 24.3 Å². The molecule has 0 bridgehead atoms. The Morgan fingerprint density at radius 1 is 1.28 bits per heavy atom. The van der Waals surface area contributed by atoms with Gasteiger partial charge in [-0.25, -0.2) is 4.98 Å². The molecule has 1 heterocycles. The second kappa shape index (κ2) is 4.77. The maximum Gasteiger partial charge on any atom is 0.163 e. The Hall–Kier alpha value is -1.90. The van der Waals surface area contributed by atoms with E-state index < -0.39 is 0 Å². The topological polar surface area (TPSA) is 50.2 Å². The number of aryl methyl sites for hydroxylation is 1. The van der Waals surface area contributed by atoms with Gasteiger partial charge in [0.15, 0.2) is 5.78 Å². The standard InChI is InChI=1S/C15H17NO2/c1-9(2)8-14(18)11-6-7-13(17)15-12(11)5-4-10(3)16-15/h4-7,9,17H,8H2,1-3H3. The van der Waals surface area contributed by atoms with Crippen molar-refractivity contribution in [2.75, 3.05) is 0 Å². The number of pyridine rings is 1. The van der Waals surface area contributed by atoms with E-state index in [0.717, 1.165) is 11.1 Å². The summed E-state index contributed by atoms with van der Waals surface area (Å²) in [6, 6.07) is 6.93. The van der Waals surface area contributed by atoms with Crippen LogP contribution in [0.2, 0.25) is 0 Å². The van der Waals surface area contributed by atoms with Gasteiger partial charge in [0.25, 0.3) is 0 Å². The second-order valence-electron chi connectivity index (χ2n) is 5.00. The first-order chi connectivity index (χ1) is 8.49. The normalized spacial score (nSPS) is 11.1. The van der Waals surface area contributed by atoms with Gasteiger partial charge in [-0.3, -0.25) is 4.79 Å². The molecular formula is C15H17NO2. The van der Waals surface area contributed by atoms with Gasteiger partial charge in [0.1, 0.15) is 11.3 Å². The van der Waals surface area contributed by atoms with E-state index in [1.54, 1.807) is 12.1 Å². The molecule has 2 aromatic rings. The van der Waals surface area contributed by atoms with E-state index >= 15 is 0 Å². The van der Waals surface area contributed by atoms with Crippen LogP contribution in [0.1, 0.15) is 36.3 Å².